The van der Waals surface area contributed by atoms with Crippen molar-refractivity contribution in [3.63, 3.8) is 0 Å². The van der Waals surface area contributed by atoms with E-state index in [2.05, 4.69) is 21.7 Å². The minimum atomic E-state index is -0.208. The number of benzene rings is 1. The van der Waals surface area contributed by atoms with Gasteiger partial charge in [0, 0.05) is 51.2 Å². The zero-order valence-electron chi connectivity index (χ0n) is 16.4. The molecule has 0 aliphatic carbocycles. The van der Waals surface area contributed by atoms with Crippen LogP contribution in [0, 0.1) is 11.7 Å². The lowest BCUT2D eigenvalue weighted by Gasteiger charge is -2.36. The van der Waals surface area contributed by atoms with Gasteiger partial charge in [-0.2, -0.15) is 0 Å². The molecule has 148 valence electrons. The molecule has 0 radical (unpaired) electrons. The van der Waals surface area contributed by atoms with E-state index in [-0.39, 0.29) is 11.7 Å². The minimum absolute atomic E-state index is 0.0896. The maximum absolute atomic E-state index is 13.1. The normalized spacial score (nSPS) is 20.4. The van der Waals surface area contributed by atoms with E-state index in [9.17, 15) is 9.18 Å². The number of piperidine rings is 1. The van der Waals surface area contributed by atoms with Gasteiger partial charge in [-0.05, 0) is 55.2 Å². The van der Waals surface area contributed by atoms with Crippen LogP contribution >= 0.6 is 0 Å². The summed E-state index contributed by atoms with van der Waals surface area (Å²) in [5.74, 6) is 1.36. The lowest BCUT2D eigenvalue weighted by atomic mass is 10.00. The van der Waals surface area contributed by atoms with Crippen LogP contribution in [0.2, 0.25) is 0 Å². The monoisotopic (exact) mass is 382 g/mol. The minimum Gasteiger partial charge on any atom is -0.368 e. The quantitative estimate of drug-likeness (QED) is 0.816. The Labute approximate surface area is 165 Å². The number of likely N-dealkylation sites (tertiary alicyclic amines) is 1. The lowest BCUT2D eigenvalue weighted by Crippen LogP contribution is -2.46. The van der Waals surface area contributed by atoms with Crippen LogP contribution in [0.15, 0.2) is 42.6 Å². The molecule has 2 aromatic rings. The summed E-state index contributed by atoms with van der Waals surface area (Å²) in [7, 11) is 0. The van der Waals surface area contributed by atoms with Crippen molar-refractivity contribution in [3.05, 3.63) is 54.0 Å². The summed E-state index contributed by atoms with van der Waals surface area (Å²) in [4.78, 5) is 23.7. The second-order valence-electron chi connectivity index (χ2n) is 7.85. The van der Waals surface area contributed by atoms with Crippen molar-refractivity contribution >= 4 is 17.4 Å². The fourth-order valence-electron chi connectivity index (χ4n) is 4.10. The van der Waals surface area contributed by atoms with Crippen LogP contribution < -0.4 is 9.80 Å². The van der Waals surface area contributed by atoms with E-state index < -0.39 is 0 Å². The van der Waals surface area contributed by atoms with E-state index in [1.54, 1.807) is 6.20 Å². The van der Waals surface area contributed by atoms with Crippen molar-refractivity contribution in [2.45, 2.75) is 19.8 Å². The SMILES string of the molecule is CC1CCCN(C(=O)c2ccc(N3CCN(c4ccc(F)cc4)CC3)nc2)C1. The molecule has 4 rings (SSSR count). The number of aromatic nitrogens is 1. The van der Waals surface area contributed by atoms with Crippen molar-refractivity contribution in [1.29, 1.82) is 0 Å². The highest BCUT2D eigenvalue weighted by Crippen LogP contribution is 2.21. The van der Waals surface area contributed by atoms with Crippen molar-refractivity contribution in [3.8, 4) is 0 Å². The van der Waals surface area contributed by atoms with Gasteiger partial charge in [-0.25, -0.2) is 9.37 Å². The Balaban J connectivity index is 1.35. The first-order chi connectivity index (χ1) is 13.6. The molecule has 1 amide bonds. The number of anilines is 2. The van der Waals surface area contributed by atoms with Crippen molar-refractivity contribution in [2.75, 3.05) is 49.1 Å². The predicted molar refractivity (Wildman–Crippen MR) is 109 cm³/mol. The molecule has 1 aromatic carbocycles. The largest absolute Gasteiger partial charge is 0.368 e. The topological polar surface area (TPSA) is 39.7 Å². The molecule has 2 fully saturated rings. The molecule has 0 spiro atoms. The molecular formula is C22H27FN4O. The number of amides is 1. The third-order valence-electron chi connectivity index (χ3n) is 5.73. The number of carbonyl (C=O) groups excluding carboxylic acids is 1. The number of hydrogen-bond donors (Lipinski definition) is 0. The molecule has 6 heteroatoms. The maximum atomic E-state index is 13.1. The number of rotatable bonds is 3. The molecule has 2 aliphatic rings. The number of pyridine rings is 1. The Bertz CT molecular complexity index is 800. The van der Waals surface area contributed by atoms with Gasteiger partial charge in [0.15, 0.2) is 0 Å². The zero-order valence-corrected chi connectivity index (χ0v) is 16.4. The van der Waals surface area contributed by atoms with E-state index in [1.165, 1.54) is 18.6 Å². The van der Waals surface area contributed by atoms with Crippen LogP contribution in [0.3, 0.4) is 0 Å². The molecule has 0 bridgehead atoms. The molecule has 5 nitrogen and oxygen atoms in total. The molecule has 3 heterocycles. The van der Waals surface area contributed by atoms with Crippen LogP contribution in [0.1, 0.15) is 30.1 Å². The number of piperazine rings is 1. The number of hydrogen-bond acceptors (Lipinski definition) is 4. The van der Waals surface area contributed by atoms with Crippen molar-refractivity contribution in [2.24, 2.45) is 5.92 Å². The van der Waals surface area contributed by atoms with Crippen LogP contribution in [-0.4, -0.2) is 55.1 Å². The van der Waals surface area contributed by atoms with Gasteiger partial charge in [0.1, 0.15) is 11.6 Å². The maximum Gasteiger partial charge on any atom is 0.255 e. The van der Waals surface area contributed by atoms with Crippen molar-refractivity contribution < 1.29 is 9.18 Å². The van der Waals surface area contributed by atoms with Crippen LogP contribution in [-0.2, 0) is 0 Å². The highest BCUT2D eigenvalue weighted by Gasteiger charge is 2.23. The van der Waals surface area contributed by atoms with E-state index >= 15 is 0 Å². The van der Waals surface area contributed by atoms with Gasteiger partial charge in [0.25, 0.3) is 5.91 Å². The lowest BCUT2D eigenvalue weighted by molar-refractivity contribution is 0.0682. The van der Waals surface area contributed by atoms with E-state index in [0.29, 0.717) is 11.5 Å². The van der Waals surface area contributed by atoms with Crippen LogP contribution in [0.25, 0.3) is 0 Å². The van der Waals surface area contributed by atoms with Crippen molar-refractivity contribution in [1.82, 2.24) is 9.88 Å². The molecule has 2 aliphatic heterocycles. The second kappa shape index (κ2) is 8.17. The summed E-state index contributed by atoms with van der Waals surface area (Å²) in [5, 5.41) is 0. The molecule has 1 atom stereocenters. The smallest absolute Gasteiger partial charge is 0.255 e. The van der Waals surface area contributed by atoms with Gasteiger partial charge in [-0.3, -0.25) is 4.79 Å². The summed E-state index contributed by atoms with van der Waals surface area (Å²) in [5.41, 5.74) is 1.72. The second-order valence-corrected chi connectivity index (χ2v) is 7.85. The molecular weight excluding hydrogens is 355 g/mol. The fraction of sp³-hybridized carbons (Fsp3) is 0.455. The van der Waals surface area contributed by atoms with Gasteiger partial charge in [0.05, 0.1) is 5.56 Å². The van der Waals surface area contributed by atoms with Gasteiger partial charge in [-0.15, -0.1) is 0 Å². The van der Waals surface area contributed by atoms with E-state index in [1.807, 2.05) is 29.2 Å². The highest BCUT2D eigenvalue weighted by molar-refractivity contribution is 5.94. The van der Waals surface area contributed by atoms with Crippen LogP contribution in [0.4, 0.5) is 15.9 Å². The summed E-state index contributed by atoms with van der Waals surface area (Å²) in [6, 6.07) is 10.5. The predicted octanol–water partition coefficient (Wildman–Crippen LogP) is 3.42. The third kappa shape index (κ3) is 4.11. The summed E-state index contributed by atoms with van der Waals surface area (Å²) in [6.45, 7) is 7.30. The number of nitrogens with zero attached hydrogens (tertiary/aromatic N) is 4. The van der Waals surface area contributed by atoms with Gasteiger partial charge >= 0.3 is 0 Å². The first kappa shape index (κ1) is 18.7. The Kier molecular flexibility index (Phi) is 5.46. The number of halogens is 1. The van der Waals surface area contributed by atoms with Crippen LogP contribution in [0.5, 0.6) is 0 Å². The average molecular weight is 382 g/mol. The summed E-state index contributed by atoms with van der Waals surface area (Å²) in [6.07, 6.45) is 3.99. The molecule has 0 saturated carbocycles. The first-order valence-corrected chi connectivity index (χ1v) is 10.1. The van der Waals surface area contributed by atoms with E-state index in [4.69, 9.17) is 0 Å². The highest BCUT2D eigenvalue weighted by atomic mass is 19.1. The van der Waals surface area contributed by atoms with Gasteiger partial charge in [-0.1, -0.05) is 6.92 Å². The van der Waals surface area contributed by atoms with E-state index in [0.717, 1.165) is 57.2 Å². The molecule has 2 saturated heterocycles. The Morgan fingerprint density at radius 2 is 1.71 bits per heavy atom. The Hall–Kier alpha value is -2.63. The number of carbonyl (C=O) groups is 1. The first-order valence-electron chi connectivity index (χ1n) is 10.1. The standard InChI is InChI=1S/C22H27FN4O/c1-17-3-2-10-27(16-17)22(28)18-4-9-21(24-15-18)26-13-11-25(12-14-26)20-7-5-19(23)6-8-20/h4-9,15,17H,2-3,10-14,16H2,1H3. The molecule has 0 N–H and O–H groups in total. The molecule has 1 unspecified atom stereocenters. The Morgan fingerprint density at radius 3 is 2.36 bits per heavy atom. The molecule has 1 aromatic heterocycles. The Morgan fingerprint density at radius 1 is 1.00 bits per heavy atom. The average Bonchev–Trinajstić information content (AvgIpc) is 2.74. The summed E-state index contributed by atoms with van der Waals surface area (Å²) >= 11 is 0. The molecule has 28 heavy (non-hydrogen) atoms. The van der Waals surface area contributed by atoms with Gasteiger partial charge in [0.2, 0.25) is 0 Å². The fourth-order valence-corrected chi connectivity index (χ4v) is 4.10. The summed E-state index contributed by atoms with van der Waals surface area (Å²) < 4.78 is 13.1. The zero-order chi connectivity index (χ0) is 19.5. The third-order valence-corrected chi connectivity index (χ3v) is 5.73. The van der Waals surface area contributed by atoms with Gasteiger partial charge < -0.3 is 14.7 Å².